The van der Waals surface area contributed by atoms with Gasteiger partial charge in [0.25, 0.3) is 0 Å². The van der Waals surface area contributed by atoms with E-state index in [0.717, 1.165) is 10.2 Å². The second-order valence-electron chi connectivity index (χ2n) is 5.03. The molecule has 0 N–H and O–H groups in total. The Hall–Kier alpha value is -2.41. The zero-order valence-corrected chi connectivity index (χ0v) is 15.7. The zero-order chi connectivity index (χ0) is 18.2. The number of esters is 2. The standard InChI is InChI=1S/C18H19BrN2O4/c1-3-24-17(22)10-9-16-13(11-18(23)25-4-2)12-21(20-16)15-7-5-14(19)6-8-15/h5-10,12H,3-4,11H2,1-2H3/b10-9+. The van der Waals surface area contributed by atoms with Gasteiger partial charge in [-0.1, -0.05) is 15.9 Å². The average molecular weight is 407 g/mol. The highest BCUT2D eigenvalue weighted by Gasteiger charge is 2.13. The van der Waals surface area contributed by atoms with Gasteiger partial charge in [0.1, 0.15) is 0 Å². The van der Waals surface area contributed by atoms with E-state index in [0.29, 0.717) is 24.5 Å². The summed E-state index contributed by atoms with van der Waals surface area (Å²) >= 11 is 3.39. The topological polar surface area (TPSA) is 70.4 Å². The summed E-state index contributed by atoms with van der Waals surface area (Å²) in [7, 11) is 0. The van der Waals surface area contributed by atoms with Crippen LogP contribution in [0.1, 0.15) is 25.1 Å². The Bertz CT molecular complexity index is 766. The van der Waals surface area contributed by atoms with Crippen LogP contribution in [0, 0.1) is 0 Å². The number of benzene rings is 1. The minimum atomic E-state index is -0.456. The molecule has 7 heteroatoms. The Morgan fingerprint density at radius 1 is 1.16 bits per heavy atom. The summed E-state index contributed by atoms with van der Waals surface area (Å²) in [6.45, 7) is 4.10. The van der Waals surface area contributed by atoms with Crippen molar-refractivity contribution < 1.29 is 19.1 Å². The fraction of sp³-hybridized carbons (Fsp3) is 0.278. The molecule has 0 radical (unpaired) electrons. The van der Waals surface area contributed by atoms with Crippen molar-refractivity contribution in [3.05, 3.63) is 52.3 Å². The van der Waals surface area contributed by atoms with Gasteiger partial charge >= 0.3 is 11.9 Å². The maximum absolute atomic E-state index is 11.8. The van der Waals surface area contributed by atoms with Crippen molar-refractivity contribution >= 4 is 33.9 Å². The third kappa shape index (κ3) is 5.56. The van der Waals surface area contributed by atoms with Crippen molar-refractivity contribution in [2.45, 2.75) is 20.3 Å². The molecule has 0 aliphatic heterocycles. The van der Waals surface area contributed by atoms with Gasteiger partial charge in [-0.05, 0) is 44.2 Å². The molecule has 0 saturated heterocycles. The number of hydrogen-bond acceptors (Lipinski definition) is 5. The Morgan fingerprint density at radius 3 is 2.48 bits per heavy atom. The highest BCUT2D eigenvalue weighted by Crippen LogP contribution is 2.17. The summed E-state index contributed by atoms with van der Waals surface area (Å²) < 4.78 is 12.5. The van der Waals surface area contributed by atoms with Crippen molar-refractivity contribution in [2.24, 2.45) is 0 Å². The molecule has 0 spiro atoms. The number of halogens is 1. The van der Waals surface area contributed by atoms with Crippen LogP contribution in [0.25, 0.3) is 11.8 Å². The molecule has 132 valence electrons. The lowest BCUT2D eigenvalue weighted by molar-refractivity contribution is -0.142. The van der Waals surface area contributed by atoms with Gasteiger partial charge in [-0.3, -0.25) is 4.79 Å². The van der Waals surface area contributed by atoms with Crippen LogP contribution in [0.4, 0.5) is 0 Å². The smallest absolute Gasteiger partial charge is 0.330 e. The monoisotopic (exact) mass is 406 g/mol. The van der Waals surface area contributed by atoms with Gasteiger partial charge in [0.15, 0.2) is 0 Å². The van der Waals surface area contributed by atoms with E-state index in [1.165, 1.54) is 6.08 Å². The molecule has 6 nitrogen and oxygen atoms in total. The molecule has 2 rings (SSSR count). The SMILES string of the molecule is CCOC(=O)/C=C/c1nn(-c2ccc(Br)cc2)cc1CC(=O)OCC. The van der Waals surface area contributed by atoms with Gasteiger partial charge in [-0.15, -0.1) is 0 Å². The van der Waals surface area contributed by atoms with E-state index in [1.807, 2.05) is 24.3 Å². The van der Waals surface area contributed by atoms with Crippen LogP contribution in [-0.2, 0) is 25.5 Å². The first-order valence-electron chi connectivity index (χ1n) is 7.88. The van der Waals surface area contributed by atoms with Gasteiger partial charge < -0.3 is 9.47 Å². The van der Waals surface area contributed by atoms with Crippen LogP contribution in [0.5, 0.6) is 0 Å². The molecule has 1 aromatic heterocycles. The molecule has 2 aromatic rings. The van der Waals surface area contributed by atoms with Crippen molar-refractivity contribution in [3.8, 4) is 5.69 Å². The number of aromatic nitrogens is 2. The van der Waals surface area contributed by atoms with E-state index in [4.69, 9.17) is 9.47 Å². The lowest BCUT2D eigenvalue weighted by atomic mass is 10.2. The largest absolute Gasteiger partial charge is 0.466 e. The fourth-order valence-electron chi connectivity index (χ4n) is 2.13. The van der Waals surface area contributed by atoms with Crippen LogP contribution >= 0.6 is 15.9 Å². The lowest BCUT2D eigenvalue weighted by Crippen LogP contribution is -2.07. The van der Waals surface area contributed by atoms with Crippen molar-refractivity contribution in [3.63, 3.8) is 0 Å². The fourth-order valence-corrected chi connectivity index (χ4v) is 2.39. The molecule has 1 aromatic carbocycles. The number of carbonyl (C=O) groups is 2. The Kier molecular flexibility index (Phi) is 6.94. The Morgan fingerprint density at radius 2 is 1.84 bits per heavy atom. The summed E-state index contributed by atoms with van der Waals surface area (Å²) in [4.78, 5) is 23.3. The minimum Gasteiger partial charge on any atom is -0.466 e. The molecule has 25 heavy (non-hydrogen) atoms. The quantitative estimate of drug-likeness (QED) is 0.520. The maximum atomic E-state index is 11.8. The predicted octanol–water partition coefficient (Wildman–Crippen LogP) is 3.32. The van der Waals surface area contributed by atoms with Gasteiger partial charge in [0, 0.05) is 22.3 Å². The third-order valence-electron chi connectivity index (χ3n) is 3.22. The van der Waals surface area contributed by atoms with Crippen LogP contribution in [0.15, 0.2) is 41.0 Å². The Labute approximate surface area is 154 Å². The number of carbonyl (C=O) groups excluding carboxylic acids is 2. The molecule has 0 atom stereocenters. The first-order chi connectivity index (χ1) is 12.0. The predicted molar refractivity (Wildman–Crippen MR) is 97.3 cm³/mol. The minimum absolute atomic E-state index is 0.0763. The summed E-state index contributed by atoms with van der Waals surface area (Å²) in [5.74, 6) is -0.800. The number of nitrogens with zero attached hydrogens (tertiary/aromatic N) is 2. The molecule has 0 saturated carbocycles. The molecule has 0 fully saturated rings. The number of hydrogen-bond donors (Lipinski definition) is 0. The van der Waals surface area contributed by atoms with Gasteiger partial charge in [-0.2, -0.15) is 5.10 Å². The van der Waals surface area contributed by atoms with Crippen molar-refractivity contribution in [1.82, 2.24) is 9.78 Å². The van der Waals surface area contributed by atoms with Crippen LogP contribution in [-0.4, -0.2) is 34.9 Å². The zero-order valence-electron chi connectivity index (χ0n) is 14.1. The van der Waals surface area contributed by atoms with E-state index in [9.17, 15) is 9.59 Å². The summed E-state index contributed by atoms with van der Waals surface area (Å²) in [5.41, 5.74) is 2.02. The first kappa shape index (κ1) is 18.9. The van der Waals surface area contributed by atoms with Gasteiger partial charge in [0.2, 0.25) is 0 Å². The Balaban J connectivity index is 2.31. The van der Waals surface area contributed by atoms with Crippen molar-refractivity contribution in [1.29, 1.82) is 0 Å². The molecule has 0 unspecified atom stereocenters. The van der Waals surface area contributed by atoms with Crippen LogP contribution < -0.4 is 0 Å². The van der Waals surface area contributed by atoms with Gasteiger partial charge in [0.05, 0.1) is 31.0 Å². The summed E-state index contributed by atoms with van der Waals surface area (Å²) in [5, 5.41) is 4.45. The van der Waals surface area contributed by atoms with E-state index in [2.05, 4.69) is 21.0 Å². The molecule has 0 aliphatic carbocycles. The van der Waals surface area contributed by atoms with Crippen LogP contribution in [0.3, 0.4) is 0 Å². The maximum Gasteiger partial charge on any atom is 0.330 e. The molecule has 0 amide bonds. The first-order valence-corrected chi connectivity index (χ1v) is 8.67. The molecule has 0 bridgehead atoms. The summed E-state index contributed by atoms with van der Waals surface area (Å²) in [6.07, 6.45) is 4.67. The average Bonchev–Trinajstić information content (AvgIpc) is 2.97. The summed E-state index contributed by atoms with van der Waals surface area (Å²) in [6, 6.07) is 7.58. The number of rotatable bonds is 7. The second kappa shape index (κ2) is 9.17. The second-order valence-corrected chi connectivity index (χ2v) is 5.94. The van der Waals surface area contributed by atoms with E-state index < -0.39 is 5.97 Å². The van der Waals surface area contributed by atoms with Crippen LogP contribution in [0.2, 0.25) is 0 Å². The molecule has 1 heterocycles. The lowest BCUT2D eigenvalue weighted by Gasteiger charge is -2.01. The normalized spacial score (nSPS) is 10.8. The molecule has 0 aliphatic rings. The molecular weight excluding hydrogens is 388 g/mol. The third-order valence-corrected chi connectivity index (χ3v) is 3.75. The van der Waals surface area contributed by atoms with E-state index in [1.54, 1.807) is 30.8 Å². The van der Waals surface area contributed by atoms with Gasteiger partial charge in [-0.25, -0.2) is 9.48 Å². The number of ether oxygens (including phenoxy) is 2. The highest BCUT2D eigenvalue weighted by molar-refractivity contribution is 9.10. The van der Waals surface area contributed by atoms with E-state index in [-0.39, 0.29) is 12.4 Å². The van der Waals surface area contributed by atoms with Crippen molar-refractivity contribution in [2.75, 3.05) is 13.2 Å². The molecular formula is C18H19BrN2O4. The van der Waals surface area contributed by atoms with E-state index >= 15 is 0 Å². The highest BCUT2D eigenvalue weighted by atomic mass is 79.9.